The lowest BCUT2D eigenvalue weighted by Crippen LogP contribution is -2.46. The number of hydrogen-bond acceptors (Lipinski definition) is 10. The summed E-state index contributed by atoms with van der Waals surface area (Å²) in [7, 11) is 1.60. The predicted molar refractivity (Wildman–Crippen MR) is 237 cm³/mol. The molecule has 0 radical (unpaired) electrons. The topological polar surface area (TPSA) is 191 Å². The smallest absolute Gasteiger partial charge is 0.437 e. The minimum Gasteiger partial charge on any atom is -0.444 e. The molecule has 2 N–H and O–H groups in total. The Morgan fingerprint density at radius 1 is 0.578 bits per heavy atom. The summed E-state index contributed by atoms with van der Waals surface area (Å²) in [5.41, 5.74) is -0.582. The maximum absolute atomic E-state index is 15.9. The number of benzene rings is 2. The number of aliphatic imine (C=N–C) groups is 2. The molecule has 17 nitrogen and oxygen atoms in total. The Morgan fingerprint density at radius 2 is 0.922 bits per heavy atom. The van der Waals surface area contributed by atoms with Crippen molar-refractivity contribution in [1.29, 1.82) is 0 Å². The van der Waals surface area contributed by atoms with Crippen molar-refractivity contribution in [2.45, 2.75) is 105 Å². The molecule has 0 bridgehead atoms. The fraction of sp³-hybridized carbons (Fsp3) is 0.467. The number of guanidine groups is 2. The molecule has 344 valence electrons. The van der Waals surface area contributed by atoms with Gasteiger partial charge in [-0.1, -0.05) is 24.3 Å². The number of ether oxygens (including phenoxy) is 4. The highest BCUT2D eigenvalue weighted by atomic mass is 19.1. The van der Waals surface area contributed by atoms with Crippen LogP contribution in [0.4, 0.5) is 28.0 Å². The van der Waals surface area contributed by atoms with E-state index in [2.05, 4.69) is 30.8 Å². The van der Waals surface area contributed by atoms with Gasteiger partial charge in [0.05, 0.1) is 11.1 Å². The minimum atomic E-state index is -0.910. The maximum Gasteiger partial charge on any atom is 0.437 e. The fourth-order valence-corrected chi connectivity index (χ4v) is 6.33. The second kappa shape index (κ2) is 18.6. The number of carbonyl (C=O) groups excluding carboxylic acids is 4. The van der Waals surface area contributed by atoms with E-state index in [1.165, 1.54) is 16.7 Å². The first-order valence-electron chi connectivity index (χ1n) is 20.6. The zero-order valence-corrected chi connectivity index (χ0v) is 38.6. The van der Waals surface area contributed by atoms with Crippen LogP contribution in [0.5, 0.6) is 0 Å². The second-order valence-electron chi connectivity index (χ2n) is 19.1. The molecule has 2 aromatic carbocycles. The quantitative estimate of drug-likeness (QED) is 0.145. The van der Waals surface area contributed by atoms with Gasteiger partial charge in [0.2, 0.25) is 11.9 Å². The van der Waals surface area contributed by atoms with Crippen molar-refractivity contribution in [3.63, 3.8) is 0 Å². The van der Waals surface area contributed by atoms with E-state index in [0.717, 1.165) is 0 Å². The molecule has 4 amide bonds. The lowest BCUT2D eigenvalue weighted by atomic mass is 10.0. The summed E-state index contributed by atoms with van der Waals surface area (Å²) in [6, 6.07) is 9.18. The molecule has 0 atom stereocenters. The SMILES string of the molecule is Cn1c(-c2ccc(C3=CCN(C(=NC(=O)OC(C)(C)C)NC(=O)OC(C)(C)C)C3)cc2F)nnc1-c1ccc(C2=CCN(C(=NC(=O)OC(C)(C)C)NC(=O)OC(C)(C)C)C2)cc1F. The largest absolute Gasteiger partial charge is 0.444 e. The number of nitrogens with one attached hydrogen (secondary N) is 2. The van der Waals surface area contributed by atoms with Crippen molar-refractivity contribution in [3.8, 4) is 22.8 Å². The van der Waals surface area contributed by atoms with Gasteiger partial charge < -0.3 is 33.3 Å². The number of alkyl carbamates (subject to hydrolysis) is 2. The molecular weight excluding hydrogens is 833 g/mol. The number of amides is 4. The van der Waals surface area contributed by atoms with Crippen LogP contribution in [-0.4, -0.2) is 109 Å². The lowest BCUT2D eigenvalue weighted by molar-refractivity contribution is 0.0537. The third-order valence-corrected chi connectivity index (χ3v) is 8.88. The number of halogens is 2. The van der Waals surface area contributed by atoms with Gasteiger partial charge in [-0.05, 0) is 130 Å². The van der Waals surface area contributed by atoms with Crippen LogP contribution in [0.25, 0.3) is 33.9 Å². The number of rotatable bonds is 4. The van der Waals surface area contributed by atoms with Crippen LogP contribution < -0.4 is 10.6 Å². The van der Waals surface area contributed by atoms with Crippen molar-refractivity contribution in [2.24, 2.45) is 17.0 Å². The predicted octanol–water partition coefficient (Wildman–Crippen LogP) is 8.46. The summed E-state index contributed by atoms with van der Waals surface area (Å²) in [5.74, 6) is -1.10. The Kier molecular flexibility index (Phi) is 14.1. The summed E-state index contributed by atoms with van der Waals surface area (Å²) in [5, 5.41) is 13.5. The van der Waals surface area contributed by atoms with E-state index in [9.17, 15) is 19.2 Å². The molecule has 2 aliphatic heterocycles. The Morgan fingerprint density at radius 3 is 1.23 bits per heavy atom. The standard InChI is InChI=1S/C45H57F2N9O8/c1-42(2,3)61-38(57)48-36(49-39(58)62-43(4,5)6)55-20-18-28(24-55)26-14-16-30(32(46)22-26)34-52-53-35(54(34)13)31-17-15-27(23-33(31)47)29-19-21-56(25-29)37(50-40(59)63-44(7,8)9)51-41(60)64-45(10,11)12/h14-19,22-23H,20-21,24-25H2,1-13H3,(H,48,49,57,58)(H,50,51,59,60). The van der Waals surface area contributed by atoms with Gasteiger partial charge in [0.15, 0.2) is 11.6 Å². The second-order valence-corrected chi connectivity index (χ2v) is 19.1. The first kappa shape index (κ1) is 48.4. The van der Waals surface area contributed by atoms with Crippen molar-refractivity contribution >= 4 is 47.4 Å². The number of nitrogens with zero attached hydrogens (tertiary/aromatic N) is 7. The highest BCUT2D eigenvalue weighted by molar-refractivity contribution is 6.01. The first-order chi connectivity index (χ1) is 29.5. The molecule has 3 heterocycles. The van der Waals surface area contributed by atoms with E-state index >= 15 is 8.78 Å². The monoisotopic (exact) mass is 889 g/mol. The summed E-state index contributed by atoms with van der Waals surface area (Å²) in [4.78, 5) is 61.9. The minimum absolute atomic E-state index is 0.0906. The molecular formula is C45H57F2N9O8. The highest BCUT2D eigenvalue weighted by Gasteiger charge is 2.29. The molecule has 19 heteroatoms. The molecule has 0 spiro atoms. The van der Waals surface area contributed by atoms with E-state index in [4.69, 9.17) is 18.9 Å². The van der Waals surface area contributed by atoms with Crippen molar-refractivity contribution in [2.75, 3.05) is 26.2 Å². The molecule has 0 saturated heterocycles. The van der Waals surface area contributed by atoms with Gasteiger partial charge in [-0.25, -0.2) is 28.0 Å². The average Bonchev–Trinajstić information content (AvgIpc) is 3.89. The zero-order chi connectivity index (χ0) is 47.5. The molecule has 5 rings (SSSR count). The summed E-state index contributed by atoms with van der Waals surface area (Å²) in [6.45, 7) is 21.2. The van der Waals surface area contributed by atoms with Gasteiger partial charge in [0, 0.05) is 33.2 Å². The highest BCUT2D eigenvalue weighted by Crippen LogP contribution is 2.32. The van der Waals surface area contributed by atoms with E-state index in [1.807, 2.05) is 12.2 Å². The van der Waals surface area contributed by atoms with Gasteiger partial charge in [-0.2, -0.15) is 0 Å². The van der Waals surface area contributed by atoms with Crippen LogP contribution in [0.15, 0.2) is 58.5 Å². The number of aromatic nitrogens is 3. The molecule has 0 fully saturated rings. The third-order valence-electron chi connectivity index (χ3n) is 8.88. The van der Waals surface area contributed by atoms with Gasteiger partial charge >= 0.3 is 24.4 Å². The van der Waals surface area contributed by atoms with Crippen LogP contribution in [0.3, 0.4) is 0 Å². The van der Waals surface area contributed by atoms with E-state index in [0.29, 0.717) is 22.3 Å². The van der Waals surface area contributed by atoms with Gasteiger partial charge in [0.25, 0.3) is 0 Å². The molecule has 0 unspecified atom stereocenters. The molecule has 0 saturated carbocycles. The average molecular weight is 890 g/mol. The molecule has 1 aromatic heterocycles. The summed E-state index contributed by atoms with van der Waals surface area (Å²) < 4.78 is 54.8. The van der Waals surface area contributed by atoms with Crippen molar-refractivity contribution in [1.82, 2.24) is 35.2 Å². The van der Waals surface area contributed by atoms with Crippen LogP contribution in [0.2, 0.25) is 0 Å². The van der Waals surface area contributed by atoms with E-state index < -0.39 is 58.4 Å². The third kappa shape index (κ3) is 13.4. The number of hydrogen-bond donors (Lipinski definition) is 2. The van der Waals surface area contributed by atoms with Crippen molar-refractivity contribution in [3.05, 3.63) is 71.3 Å². The zero-order valence-electron chi connectivity index (χ0n) is 38.6. The molecule has 3 aromatic rings. The van der Waals surface area contributed by atoms with Crippen LogP contribution in [0.1, 0.15) is 94.2 Å². The van der Waals surface area contributed by atoms with Crippen molar-refractivity contribution < 1.29 is 46.9 Å². The van der Waals surface area contributed by atoms with E-state index in [-0.39, 0.29) is 60.9 Å². The summed E-state index contributed by atoms with van der Waals surface area (Å²) >= 11 is 0. The normalized spacial score (nSPS) is 15.1. The Hall–Kier alpha value is -6.66. The molecule has 0 aliphatic carbocycles. The maximum atomic E-state index is 15.9. The number of carbonyl (C=O) groups is 4. The molecule has 2 aliphatic rings. The van der Waals surface area contributed by atoms with Gasteiger partial charge in [0.1, 0.15) is 34.0 Å². The van der Waals surface area contributed by atoms with Crippen LogP contribution in [-0.2, 0) is 26.0 Å². The first-order valence-corrected chi connectivity index (χ1v) is 20.6. The Bertz CT molecular complexity index is 2260. The Labute approximate surface area is 371 Å². The Balaban J connectivity index is 1.31. The molecule has 64 heavy (non-hydrogen) atoms. The summed E-state index contributed by atoms with van der Waals surface area (Å²) in [6.07, 6.45) is 0.187. The van der Waals surface area contributed by atoms with E-state index in [1.54, 1.807) is 124 Å². The fourth-order valence-electron chi connectivity index (χ4n) is 6.33. The van der Waals surface area contributed by atoms with Gasteiger partial charge in [-0.3, -0.25) is 10.6 Å². The van der Waals surface area contributed by atoms with Crippen LogP contribution in [0, 0.1) is 11.6 Å². The van der Waals surface area contributed by atoms with Crippen LogP contribution >= 0.6 is 0 Å². The lowest BCUT2D eigenvalue weighted by Gasteiger charge is -2.25. The van der Waals surface area contributed by atoms with Gasteiger partial charge in [-0.15, -0.1) is 20.2 Å².